The molecule has 3 rings (SSSR count). The molecule has 0 bridgehead atoms. The van der Waals surface area contributed by atoms with E-state index in [1.54, 1.807) is 24.4 Å². The maximum atomic E-state index is 13.8. The number of nitrogens with one attached hydrogen (secondary N) is 2. The number of carbonyl (C=O) groups is 2. The molecule has 6 nitrogen and oxygen atoms in total. The van der Waals surface area contributed by atoms with Crippen LogP contribution in [0.4, 0.5) is 18.9 Å². The third kappa shape index (κ3) is 3.68. The van der Waals surface area contributed by atoms with Gasteiger partial charge in [-0.15, -0.1) is 0 Å². The van der Waals surface area contributed by atoms with Crippen LogP contribution in [0.2, 0.25) is 0 Å². The van der Waals surface area contributed by atoms with Crippen LogP contribution in [0, 0.1) is 23.4 Å². The van der Waals surface area contributed by atoms with Crippen molar-refractivity contribution in [3.8, 4) is 0 Å². The van der Waals surface area contributed by atoms with E-state index < -0.39 is 35.0 Å². The fourth-order valence-corrected chi connectivity index (χ4v) is 2.54. The zero-order valence-electron chi connectivity index (χ0n) is 15.1. The molecule has 2 heterocycles. The minimum Gasteiger partial charge on any atom is -0.349 e. The van der Waals surface area contributed by atoms with Gasteiger partial charge in [-0.2, -0.15) is 0 Å². The summed E-state index contributed by atoms with van der Waals surface area (Å²) < 4.78 is 41.7. The molecule has 2 N–H and O–H groups in total. The fraction of sp³-hybridized carbons (Fsp3) is 0.211. The Labute approximate surface area is 158 Å². The molecule has 0 spiro atoms. The van der Waals surface area contributed by atoms with Crippen LogP contribution in [0.3, 0.4) is 0 Å². The summed E-state index contributed by atoms with van der Waals surface area (Å²) in [6.45, 7) is 4.28. The number of carbonyl (C=O) groups excluding carboxylic acids is 2. The molecule has 2 aromatic heterocycles. The van der Waals surface area contributed by atoms with Crippen molar-refractivity contribution < 1.29 is 22.8 Å². The van der Waals surface area contributed by atoms with E-state index in [0.717, 1.165) is 6.07 Å². The average Bonchev–Trinajstić information content (AvgIpc) is 3.06. The number of amides is 2. The highest BCUT2D eigenvalue weighted by Gasteiger charge is 2.23. The second-order valence-corrected chi connectivity index (χ2v) is 6.52. The molecule has 0 saturated carbocycles. The van der Waals surface area contributed by atoms with Gasteiger partial charge in [0.1, 0.15) is 0 Å². The lowest BCUT2D eigenvalue weighted by Crippen LogP contribution is -2.29. The monoisotopic (exact) mass is 390 g/mol. The van der Waals surface area contributed by atoms with E-state index in [1.807, 2.05) is 13.8 Å². The number of rotatable bonds is 5. The number of aromatic nitrogens is 2. The Hall–Kier alpha value is -3.36. The molecular formula is C19H17F3N4O2. The molecule has 0 aliphatic heterocycles. The maximum Gasteiger partial charge on any atom is 0.287 e. The molecule has 146 valence electrons. The number of halogens is 3. The van der Waals surface area contributed by atoms with Crippen molar-refractivity contribution in [2.24, 2.45) is 5.92 Å². The van der Waals surface area contributed by atoms with E-state index in [-0.39, 0.29) is 17.4 Å². The van der Waals surface area contributed by atoms with Gasteiger partial charge in [0.2, 0.25) is 5.82 Å². The van der Waals surface area contributed by atoms with Gasteiger partial charge >= 0.3 is 0 Å². The van der Waals surface area contributed by atoms with Gasteiger partial charge in [-0.05, 0) is 30.2 Å². The summed E-state index contributed by atoms with van der Waals surface area (Å²) in [4.78, 5) is 29.1. The minimum atomic E-state index is -1.69. The molecule has 0 saturated heterocycles. The van der Waals surface area contributed by atoms with Gasteiger partial charge in [-0.1, -0.05) is 19.9 Å². The van der Waals surface area contributed by atoms with Crippen LogP contribution in [-0.2, 0) is 0 Å². The normalized spacial score (nSPS) is 11.1. The van der Waals surface area contributed by atoms with Gasteiger partial charge in [-0.25, -0.2) is 18.2 Å². The van der Waals surface area contributed by atoms with Crippen molar-refractivity contribution in [1.82, 2.24) is 14.7 Å². The summed E-state index contributed by atoms with van der Waals surface area (Å²) in [5, 5.41) is 4.87. The van der Waals surface area contributed by atoms with Crippen molar-refractivity contribution in [2.45, 2.75) is 13.8 Å². The van der Waals surface area contributed by atoms with Crippen molar-refractivity contribution in [1.29, 1.82) is 0 Å². The Kier molecular flexibility index (Phi) is 5.34. The van der Waals surface area contributed by atoms with E-state index in [2.05, 4.69) is 15.6 Å². The molecule has 28 heavy (non-hydrogen) atoms. The van der Waals surface area contributed by atoms with Crippen LogP contribution < -0.4 is 10.6 Å². The Balaban J connectivity index is 1.96. The van der Waals surface area contributed by atoms with Crippen molar-refractivity contribution in [3.05, 3.63) is 65.5 Å². The number of imidazole rings is 1. The molecule has 0 radical (unpaired) electrons. The quantitative estimate of drug-likeness (QED) is 0.656. The first-order valence-corrected chi connectivity index (χ1v) is 8.49. The van der Waals surface area contributed by atoms with Crippen LogP contribution in [0.15, 0.2) is 36.5 Å². The second kappa shape index (κ2) is 7.71. The summed E-state index contributed by atoms with van der Waals surface area (Å²) in [6, 6.07) is 6.46. The Morgan fingerprint density at radius 2 is 1.82 bits per heavy atom. The first-order chi connectivity index (χ1) is 13.3. The topological polar surface area (TPSA) is 75.5 Å². The lowest BCUT2D eigenvalue weighted by molar-refractivity contribution is 0.0938. The number of fused-ring (bicyclic) bond motifs is 1. The van der Waals surface area contributed by atoms with Crippen molar-refractivity contribution >= 4 is 23.0 Å². The summed E-state index contributed by atoms with van der Waals surface area (Å²) in [5.74, 6) is -5.73. The highest BCUT2D eigenvalue weighted by molar-refractivity contribution is 6.09. The third-order valence-electron chi connectivity index (χ3n) is 3.92. The van der Waals surface area contributed by atoms with Crippen molar-refractivity contribution in [2.75, 3.05) is 11.9 Å². The standard InChI is InChI=1S/C19H17F3N4O2/c1-10(2)9-23-19(28)17-25-16(13-5-3-4-8-26(13)17)18(27)24-12-7-6-11(20)14(21)15(12)22/h3-8,10H,9H2,1-2H3,(H,23,28)(H,24,27). The van der Waals surface area contributed by atoms with Crippen molar-refractivity contribution in [3.63, 3.8) is 0 Å². The van der Waals surface area contributed by atoms with E-state index >= 15 is 0 Å². The summed E-state index contributed by atoms with van der Waals surface area (Å²) in [6.07, 6.45) is 1.56. The third-order valence-corrected chi connectivity index (χ3v) is 3.92. The average molecular weight is 390 g/mol. The number of nitrogens with zero attached hydrogens (tertiary/aromatic N) is 2. The van der Waals surface area contributed by atoms with Gasteiger partial charge in [0, 0.05) is 12.7 Å². The van der Waals surface area contributed by atoms with Crippen LogP contribution in [0.1, 0.15) is 35.0 Å². The lowest BCUT2D eigenvalue weighted by atomic mass is 10.2. The molecular weight excluding hydrogens is 373 g/mol. The molecule has 0 unspecified atom stereocenters. The summed E-state index contributed by atoms with van der Waals surface area (Å²) >= 11 is 0. The molecule has 0 aliphatic rings. The van der Waals surface area contributed by atoms with Crippen LogP contribution in [0.25, 0.3) is 5.52 Å². The number of hydrogen-bond acceptors (Lipinski definition) is 3. The molecule has 2 amide bonds. The zero-order chi connectivity index (χ0) is 20.4. The Bertz CT molecular complexity index is 1060. The maximum absolute atomic E-state index is 13.8. The summed E-state index contributed by atoms with van der Waals surface area (Å²) in [7, 11) is 0. The molecule has 1 aromatic carbocycles. The number of benzene rings is 1. The SMILES string of the molecule is CC(C)CNC(=O)c1nc(C(=O)Nc2ccc(F)c(F)c2F)c2ccccn12. The zero-order valence-corrected chi connectivity index (χ0v) is 15.1. The highest BCUT2D eigenvalue weighted by atomic mass is 19.2. The van der Waals surface area contributed by atoms with Crippen LogP contribution in [-0.4, -0.2) is 27.7 Å². The van der Waals surface area contributed by atoms with E-state index in [1.165, 1.54) is 4.40 Å². The van der Waals surface area contributed by atoms with Crippen LogP contribution >= 0.6 is 0 Å². The largest absolute Gasteiger partial charge is 0.349 e. The first-order valence-electron chi connectivity index (χ1n) is 8.49. The number of pyridine rings is 1. The summed E-state index contributed by atoms with van der Waals surface area (Å²) in [5.41, 5.74) is -0.385. The van der Waals surface area contributed by atoms with Gasteiger partial charge in [0.25, 0.3) is 11.8 Å². The molecule has 0 aliphatic carbocycles. The van der Waals surface area contributed by atoms with Gasteiger partial charge in [0.15, 0.2) is 23.1 Å². The predicted molar refractivity (Wildman–Crippen MR) is 96.6 cm³/mol. The predicted octanol–water partition coefficient (Wildman–Crippen LogP) is 3.39. The molecule has 3 aromatic rings. The van der Waals surface area contributed by atoms with Gasteiger partial charge in [-0.3, -0.25) is 14.0 Å². The highest BCUT2D eigenvalue weighted by Crippen LogP contribution is 2.21. The van der Waals surface area contributed by atoms with Gasteiger partial charge < -0.3 is 10.6 Å². The Morgan fingerprint density at radius 3 is 2.54 bits per heavy atom. The lowest BCUT2D eigenvalue weighted by Gasteiger charge is -2.06. The van der Waals surface area contributed by atoms with Gasteiger partial charge in [0.05, 0.1) is 11.2 Å². The number of anilines is 1. The fourth-order valence-electron chi connectivity index (χ4n) is 2.54. The smallest absolute Gasteiger partial charge is 0.287 e. The van der Waals surface area contributed by atoms with E-state index in [0.29, 0.717) is 18.1 Å². The van der Waals surface area contributed by atoms with Crippen LogP contribution in [0.5, 0.6) is 0 Å². The number of hydrogen-bond donors (Lipinski definition) is 2. The second-order valence-electron chi connectivity index (χ2n) is 6.52. The van der Waals surface area contributed by atoms with E-state index in [4.69, 9.17) is 0 Å². The minimum absolute atomic E-state index is 0.0211. The molecule has 0 fully saturated rings. The molecule has 0 atom stereocenters. The van der Waals surface area contributed by atoms with E-state index in [9.17, 15) is 22.8 Å². The Morgan fingerprint density at radius 1 is 1.07 bits per heavy atom. The molecule has 9 heteroatoms. The first kappa shape index (κ1) is 19.4.